The first-order valence-corrected chi connectivity index (χ1v) is 8.17. The van der Waals surface area contributed by atoms with Crippen LogP contribution in [0.4, 0.5) is 0 Å². The molecule has 0 saturated carbocycles. The average Bonchev–Trinajstić information content (AvgIpc) is 2.49. The van der Waals surface area contributed by atoms with Gasteiger partial charge in [0.05, 0.1) is 11.6 Å². The highest BCUT2D eigenvalue weighted by molar-refractivity contribution is 7.98. The standard InChI is InChI=1S/C15H22N2O3S/c1-17(14(18)13(16)8-10-21-2)9-7-11-5-3-4-6-12(11)15(19)20/h3-6,13H,7-10,16H2,1-2H3,(H,19,20)/t13-/m0/s1. The van der Waals surface area contributed by atoms with Crippen LogP contribution in [-0.2, 0) is 11.2 Å². The van der Waals surface area contributed by atoms with E-state index in [1.165, 1.54) is 0 Å². The number of aromatic carboxylic acids is 1. The summed E-state index contributed by atoms with van der Waals surface area (Å²) in [6, 6.07) is 6.35. The maximum Gasteiger partial charge on any atom is 0.335 e. The lowest BCUT2D eigenvalue weighted by molar-refractivity contribution is -0.131. The van der Waals surface area contributed by atoms with E-state index in [4.69, 9.17) is 10.8 Å². The number of benzene rings is 1. The summed E-state index contributed by atoms with van der Waals surface area (Å²) in [5.74, 6) is -0.198. The summed E-state index contributed by atoms with van der Waals surface area (Å²) < 4.78 is 0. The number of likely N-dealkylation sites (N-methyl/N-ethyl adjacent to an activating group) is 1. The van der Waals surface area contributed by atoms with Crippen LogP contribution in [-0.4, -0.2) is 53.5 Å². The molecule has 1 amide bonds. The fourth-order valence-corrected chi connectivity index (χ4v) is 2.49. The van der Waals surface area contributed by atoms with Gasteiger partial charge in [0, 0.05) is 13.6 Å². The van der Waals surface area contributed by atoms with E-state index in [1.807, 2.05) is 6.26 Å². The zero-order valence-corrected chi connectivity index (χ0v) is 13.2. The molecule has 21 heavy (non-hydrogen) atoms. The third-order valence-electron chi connectivity index (χ3n) is 3.29. The van der Waals surface area contributed by atoms with Gasteiger partial charge in [0.25, 0.3) is 0 Å². The summed E-state index contributed by atoms with van der Waals surface area (Å²) in [5, 5.41) is 9.12. The van der Waals surface area contributed by atoms with E-state index < -0.39 is 12.0 Å². The molecule has 1 aromatic carbocycles. The van der Waals surface area contributed by atoms with Crippen LogP contribution in [0.2, 0.25) is 0 Å². The van der Waals surface area contributed by atoms with Gasteiger partial charge in [-0.05, 0) is 36.5 Å². The van der Waals surface area contributed by atoms with Crippen molar-refractivity contribution in [3.05, 3.63) is 35.4 Å². The number of nitrogens with two attached hydrogens (primary N) is 1. The van der Waals surface area contributed by atoms with Crippen molar-refractivity contribution in [2.45, 2.75) is 18.9 Å². The molecule has 0 aliphatic carbocycles. The Bertz CT molecular complexity index is 494. The number of hydrogen-bond acceptors (Lipinski definition) is 4. The summed E-state index contributed by atoms with van der Waals surface area (Å²) in [6.07, 6.45) is 3.12. The van der Waals surface area contributed by atoms with E-state index in [0.29, 0.717) is 19.4 Å². The Morgan fingerprint density at radius 1 is 1.38 bits per heavy atom. The molecule has 1 aromatic rings. The smallest absolute Gasteiger partial charge is 0.335 e. The first kappa shape index (κ1) is 17.5. The van der Waals surface area contributed by atoms with Crippen molar-refractivity contribution < 1.29 is 14.7 Å². The van der Waals surface area contributed by atoms with Crippen molar-refractivity contribution in [2.24, 2.45) is 5.73 Å². The lowest BCUT2D eigenvalue weighted by atomic mass is 10.0. The maximum atomic E-state index is 12.1. The third-order valence-corrected chi connectivity index (χ3v) is 3.93. The van der Waals surface area contributed by atoms with Crippen LogP contribution >= 0.6 is 11.8 Å². The molecule has 0 radical (unpaired) electrons. The molecule has 0 unspecified atom stereocenters. The first-order chi connectivity index (χ1) is 9.97. The number of nitrogens with zero attached hydrogens (tertiary/aromatic N) is 1. The Morgan fingerprint density at radius 3 is 2.67 bits per heavy atom. The second-order valence-corrected chi connectivity index (χ2v) is 5.85. The molecular formula is C15H22N2O3S. The third kappa shape index (κ3) is 5.40. The molecule has 0 fully saturated rings. The van der Waals surface area contributed by atoms with Crippen LogP contribution in [0.5, 0.6) is 0 Å². The summed E-state index contributed by atoms with van der Waals surface area (Å²) in [7, 11) is 1.70. The highest BCUT2D eigenvalue weighted by Gasteiger charge is 2.18. The van der Waals surface area contributed by atoms with E-state index in [0.717, 1.165) is 11.3 Å². The predicted octanol–water partition coefficient (Wildman–Crippen LogP) is 1.47. The Balaban J connectivity index is 2.58. The first-order valence-electron chi connectivity index (χ1n) is 6.78. The van der Waals surface area contributed by atoms with Crippen molar-refractivity contribution in [3.8, 4) is 0 Å². The van der Waals surface area contributed by atoms with E-state index in [9.17, 15) is 9.59 Å². The largest absolute Gasteiger partial charge is 0.478 e. The number of amides is 1. The van der Waals surface area contributed by atoms with Gasteiger partial charge >= 0.3 is 5.97 Å². The monoisotopic (exact) mass is 310 g/mol. The topological polar surface area (TPSA) is 83.6 Å². The second kappa shape index (κ2) is 8.69. The van der Waals surface area contributed by atoms with Gasteiger partial charge in [-0.25, -0.2) is 4.79 Å². The molecule has 0 aliphatic heterocycles. The van der Waals surface area contributed by atoms with E-state index in [-0.39, 0.29) is 11.5 Å². The van der Waals surface area contributed by atoms with Crippen molar-refractivity contribution in [1.29, 1.82) is 0 Å². The van der Waals surface area contributed by atoms with Crippen LogP contribution in [0.3, 0.4) is 0 Å². The molecule has 1 rings (SSSR count). The van der Waals surface area contributed by atoms with Crippen LogP contribution in [0.1, 0.15) is 22.3 Å². The Kier molecular flexibility index (Phi) is 7.25. The van der Waals surface area contributed by atoms with Crippen molar-refractivity contribution in [3.63, 3.8) is 0 Å². The number of carboxylic acids is 1. The van der Waals surface area contributed by atoms with Gasteiger partial charge in [-0.3, -0.25) is 4.79 Å². The summed E-state index contributed by atoms with van der Waals surface area (Å²) in [5.41, 5.74) is 6.86. The number of hydrogen-bond donors (Lipinski definition) is 2. The van der Waals surface area contributed by atoms with E-state index in [1.54, 1.807) is 48.0 Å². The van der Waals surface area contributed by atoms with Gasteiger partial charge in [-0.1, -0.05) is 18.2 Å². The average molecular weight is 310 g/mol. The highest BCUT2D eigenvalue weighted by Crippen LogP contribution is 2.10. The molecule has 5 nitrogen and oxygen atoms in total. The maximum absolute atomic E-state index is 12.1. The van der Waals surface area contributed by atoms with Gasteiger partial charge in [-0.15, -0.1) is 0 Å². The Labute approximate surface area is 129 Å². The van der Waals surface area contributed by atoms with E-state index >= 15 is 0 Å². The normalized spacial score (nSPS) is 12.0. The van der Waals surface area contributed by atoms with E-state index in [2.05, 4.69) is 0 Å². The molecule has 1 atom stereocenters. The SMILES string of the molecule is CSCC[C@H](N)C(=O)N(C)CCc1ccccc1C(=O)O. The summed E-state index contributed by atoms with van der Waals surface area (Å²) >= 11 is 1.66. The number of thioether (sulfide) groups is 1. The number of carbonyl (C=O) groups excluding carboxylic acids is 1. The fourth-order valence-electron chi connectivity index (χ4n) is 2.00. The highest BCUT2D eigenvalue weighted by atomic mass is 32.2. The minimum absolute atomic E-state index is 0.100. The van der Waals surface area contributed by atoms with Crippen molar-refractivity contribution in [1.82, 2.24) is 4.90 Å². The predicted molar refractivity (Wildman–Crippen MR) is 85.7 cm³/mol. The second-order valence-electron chi connectivity index (χ2n) is 4.86. The minimum atomic E-state index is -0.948. The van der Waals surface area contributed by atoms with Crippen LogP contribution < -0.4 is 5.73 Å². The van der Waals surface area contributed by atoms with Crippen LogP contribution in [0.25, 0.3) is 0 Å². The molecule has 6 heteroatoms. The van der Waals surface area contributed by atoms with Gasteiger partial charge in [-0.2, -0.15) is 11.8 Å². The zero-order valence-electron chi connectivity index (χ0n) is 12.4. The van der Waals surface area contributed by atoms with Gasteiger partial charge in [0.2, 0.25) is 5.91 Å². The quantitative estimate of drug-likeness (QED) is 0.759. The lowest BCUT2D eigenvalue weighted by Crippen LogP contribution is -2.42. The number of carbonyl (C=O) groups is 2. The Morgan fingerprint density at radius 2 is 2.05 bits per heavy atom. The molecule has 0 aliphatic rings. The van der Waals surface area contributed by atoms with Gasteiger partial charge < -0.3 is 15.7 Å². The minimum Gasteiger partial charge on any atom is -0.478 e. The molecule has 0 spiro atoms. The molecule has 3 N–H and O–H groups in total. The molecule has 0 heterocycles. The van der Waals surface area contributed by atoms with Gasteiger partial charge in [0.1, 0.15) is 0 Å². The molecule has 0 bridgehead atoms. The fraction of sp³-hybridized carbons (Fsp3) is 0.467. The number of carboxylic acid groups (broad SMARTS) is 1. The number of rotatable bonds is 8. The molecule has 116 valence electrons. The van der Waals surface area contributed by atoms with Crippen LogP contribution in [0.15, 0.2) is 24.3 Å². The lowest BCUT2D eigenvalue weighted by Gasteiger charge is -2.21. The van der Waals surface area contributed by atoms with Gasteiger partial charge in [0.15, 0.2) is 0 Å². The Hall–Kier alpha value is -1.53. The molecule has 0 saturated heterocycles. The zero-order chi connectivity index (χ0) is 15.8. The van der Waals surface area contributed by atoms with Crippen molar-refractivity contribution in [2.75, 3.05) is 25.6 Å². The molecular weight excluding hydrogens is 288 g/mol. The molecule has 0 aromatic heterocycles. The van der Waals surface area contributed by atoms with Crippen LogP contribution in [0, 0.1) is 0 Å². The summed E-state index contributed by atoms with van der Waals surface area (Å²) in [4.78, 5) is 24.8. The van der Waals surface area contributed by atoms with Crippen molar-refractivity contribution >= 4 is 23.6 Å². The summed E-state index contributed by atoms with van der Waals surface area (Å²) in [6.45, 7) is 0.454.